The van der Waals surface area contributed by atoms with Gasteiger partial charge in [-0.3, -0.25) is 19.5 Å². The maximum atomic E-state index is 13.8. The molecule has 1 aromatic carbocycles. The van der Waals surface area contributed by atoms with Gasteiger partial charge in [-0.15, -0.1) is 0 Å². The van der Waals surface area contributed by atoms with Gasteiger partial charge in [0.25, 0.3) is 0 Å². The molecule has 166 valence electrons. The van der Waals surface area contributed by atoms with Gasteiger partial charge in [0.2, 0.25) is 11.8 Å². The van der Waals surface area contributed by atoms with Crippen LogP contribution in [-0.2, 0) is 16.1 Å². The number of likely N-dealkylation sites (tertiary alicyclic amines) is 1. The number of nitrogens with zero attached hydrogens (tertiary/aromatic N) is 2. The molecule has 1 aromatic rings. The summed E-state index contributed by atoms with van der Waals surface area (Å²) in [6.45, 7) is 0.0559. The first kappa shape index (κ1) is 21.3. The van der Waals surface area contributed by atoms with Crippen LogP contribution in [0.5, 0.6) is 0 Å². The van der Waals surface area contributed by atoms with E-state index in [0.717, 1.165) is 6.42 Å². The molecule has 1 saturated carbocycles. The predicted molar refractivity (Wildman–Crippen MR) is 104 cm³/mol. The number of halogens is 4. The molecule has 1 heterocycles. The van der Waals surface area contributed by atoms with Gasteiger partial charge >= 0.3 is 0 Å². The molecule has 2 bridgehead atoms. The molecule has 1 aliphatic heterocycles. The van der Waals surface area contributed by atoms with Crippen LogP contribution < -0.4 is 10.6 Å². The second-order valence-electron chi connectivity index (χ2n) is 7.98. The average Bonchev–Trinajstić information content (AvgIpc) is 3.43. The largest absolute Gasteiger partial charge is 0.356 e. The Kier molecular flexibility index (Phi) is 5.72. The Morgan fingerprint density at radius 2 is 1.61 bits per heavy atom. The fraction of sp³-hybridized carbons (Fsp3) is 0.476. The van der Waals surface area contributed by atoms with Crippen LogP contribution in [0.4, 0.5) is 17.6 Å². The topological polar surface area (TPSA) is 73.8 Å². The summed E-state index contributed by atoms with van der Waals surface area (Å²) in [7, 11) is 1.42. The van der Waals surface area contributed by atoms with Crippen molar-refractivity contribution in [3.63, 3.8) is 0 Å². The number of guanidine groups is 1. The minimum Gasteiger partial charge on any atom is -0.356 e. The maximum absolute atomic E-state index is 13.8. The molecule has 2 fully saturated rings. The lowest BCUT2D eigenvalue weighted by Crippen LogP contribution is -2.40. The zero-order valence-electron chi connectivity index (χ0n) is 16.8. The molecule has 4 unspecified atom stereocenters. The zero-order chi connectivity index (χ0) is 22.3. The van der Waals surface area contributed by atoms with Crippen molar-refractivity contribution in [2.45, 2.75) is 19.4 Å². The fourth-order valence-corrected chi connectivity index (χ4v) is 4.80. The molecular formula is C21H22F4N4O2. The van der Waals surface area contributed by atoms with E-state index in [4.69, 9.17) is 0 Å². The number of fused-ring (bicyclic) bond motifs is 5. The van der Waals surface area contributed by atoms with Crippen LogP contribution in [0, 0.1) is 46.9 Å². The van der Waals surface area contributed by atoms with Crippen LogP contribution >= 0.6 is 0 Å². The highest BCUT2D eigenvalue weighted by Crippen LogP contribution is 2.52. The van der Waals surface area contributed by atoms with Gasteiger partial charge < -0.3 is 10.6 Å². The van der Waals surface area contributed by atoms with Crippen LogP contribution in [0.25, 0.3) is 0 Å². The normalized spacial score (nSPS) is 26.7. The third-order valence-corrected chi connectivity index (χ3v) is 6.27. The van der Waals surface area contributed by atoms with E-state index >= 15 is 0 Å². The van der Waals surface area contributed by atoms with Gasteiger partial charge in [0, 0.05) is 38.3 Å². The van der Waals surface area contributed by atoms with Crippen molar-refractivity contribution in [1.82, 2.24) is 15.5 Å². The number of amides is 2. The Hall–Kier alpha value is -2.91. The second kappa shape index (κ2) is 8.32. The van der Waals surface area contributed by atoms with Crippen LogP contribution in [0.2, 0.25) is 0 Å². The molecule has 10 heteroatoms. The summed E-state index contributed by atoms with van der Waals surface area (Å²) in [5.74, 6) is -6.13. The molecule has 31 heavy (non-hydrogen) atoms. The Morgan fingerprint density at radius 1 is 1.03 bits per heavy atom. The van der Waals surface area contributed by atoms with Crippen LogP contribution in [-0.4, -0.2) is 42.8 Å². The van der Waals surface area contributed by atoms with Crippen molar-refractivity contribution < 1.29 is 27.2 Å². The summed E-state index contributed by atoms with van der Waals surface area (Å²) in [4.78, 5) is 30.5. The minimum absolute atomic E-state index is 0.117. The van der Waals surface area contributed by atoms with Crippen molar-refractivity contribution in [3.05, 3.63) is 47.1 Å². The van der Waals surface area contributed by atoms with E-state index in [1.807, 2.05) is 12.2 Å². The highest BCUT2D eigenvalue weighted by molar-refractivity contribution is 6.06. The highest BCUT2D eigenvalue weighted by Gasteiger charge is 2.58. The second-order valence-corrected chi connectivity index (χ2v) is 7.98. The molecule has 4 rings (SSSR count). The SMILES string of the molecule is CN=C(NCCCN1C(=O)C2C3C=CC(C3)C2C1=O)NCc1c(F)c(F)cc(F)c1F. The third kappa shape index (κ3) is 3.68. The Bertz CT molecular complexity index is 924. The van der Waals surface area contributed by atoms with E-state index in [-0.39, 0.29) is 54.1 Å². The summed E-state index contributed by atoms with van der Waals surface area (Å²) < 4.78 is 54.1. The number of hydrogen-bond donors (Lipinski definition) is 2. The van der Waals surface area contributed by atoms with E-state index < -0.39 is 35.4 Å². The van der Waals surface area contributed by atoms with Gasteiger partial charge in [-0.1, -0.05) is 12.2 Å². The molecule has 1 saturated heterocycles. The van der Waals surface area contributed by atoms with E-state index in [1.54, 1.807) is 0 Å². The van der Waals surface area contributed by atoms with E-state index in [9.17, 15) is 27.2 Å². The smallest absolute Gasteiger partial charge is 0.233 e. The van der Waals surface area contributed by atoms with Crippen molar-refractivity contribution in [2.75, 3.05) is 20.1 Å². The summed E-state index contributed by atoms with van der Waals surface area (Å²) in [6, 6.07) is 0.151. The molecular weight excluding hydrogens is 416 g/mol. The molecule has 3 aliphatic rings. The van der Waals surface area contributed by atoms with E-state index in [2.05, 4.69) is 15.6 Å². The molecule has 2 N–H and O–H groups in total. The number of hydrogen-bond acceptors (Lipinski definition) is 3. The monoisotopic (exact) mass is 438 g/mol. The van der Waals surface area contributed by atoms with Crippen LogP contribution in [0.15, 0.2) is 23.2 Å². The lowest BCUT2D eigenvalue weighted by molar-refractivity contribution is -0.140. The van der Waals surface area contributed by atoms with Gasteiger partial charge in [0.05, 0.1) is 11.8 Å². The third-order valence-electron chi connectivity index (χ3n) is 6.27. The van der Waals surface area contributed by atoms with Crippen LogP contribution in [0.3, 0.4) is 0 Å². The molecule has 0 aromatic heterocycles. The van der Waals surface area contributed by atoms with Crippen molar-refractivity contribution in [2.24, 2.45) is 28.7 Å². The van der Waals surface area contributed by atoms with Crippen molar-refractivity contribution in [3.8, 4) is 0 Å². The highest BCUT2D eigenvalue weighted by atomic mass is 19.2. The predicted octanol–water partition coefficient (Wildman–Crippen LogP) is 2.11. The first-order valence-electron chi connectivity index (χ1n) is 10.1. The summed E-state index contributed by atoms with van der Waals surface area (Å²) in [5.41, 5.74) is -0.775. The fourth-order valence-electron chi connectivity index (χ4n) is 4.80. The number of nitrogens with one attached hydrogen (secondary N) is 2. The lowest BCUT2D eigenvalue weighted by Gasteiger charge is -2.18. The number of carbonyl (C=O) groups is 2. The number of allylic oxidation sites excluding steroid dienone is 2. The van der Waals surface area contributed by atoms with E-state index in [0.29, 0.717) is 13.0 Å². The van der Waals surface area contributed by atoms with E-state index in [1.165, 1.54) is 11.9 Å². The number of benzene rings is 1. The Morgan fingerprint density at radius 3 is 2.16 bits per heavy atom. The van der Waals surface area contributed by atoms with Gasteiger partial charge in [0.1, 0.15) is 0 Å². The number of rotatable bonds is 6. The molecule has 4 atom stereocenters. The molecule has 6 nitrogen and oxygen atoms in total. The van der Waals surface area contributed by atoms with Crippen LogP contribution in [0.1, 0.15) is 18.4 Å². The van der Waals surface area contributed by atoms with Gasteiger partial charge in [-0.2, -0.15) is 0 Å². The summed E-state index contributed by atoms with van der Waals surface area (Å²) >= 11 is 0. The van der Waals surface area contributed by atoms with Crippen molar-refractivity contribution >= 4 is 17.8 Å². The Balaban J connectivity index is 1.26. The van der Waals surface area contributed by atoms with Gasteiger partial charge in [0.15, 0.2) is 29.2 Å². The van der Waals surface area contributed by atoms with Gasteiger partial charge in [-0.25, -0.2) is 17.6 Å². The molecule has 0 spiro atoms. The molecule has 0 radical (unpaired) electrons. The summed E-state index contributed by atoms with van der Waals surface area (Å²) in [6.07, 6.45) is 5.39. The Labute approximate surface area is 176 Å². The van der Waals surface area contributed by atoms with Crippen molar-refractivity contribution in [1.29, 1.82) is 0 Å². The molecule has 2 aliphatic carbocycles. The maximum Gasteiger partial charge on any atom is 0.233 e. The number of imide groups is 1. The molecule has 2 amide bonds. The quantitative estimate of drug-likeness (QED) is 0.136. The minimum atomic E-state index is -1.48. The zero-order valence-corrected chi connectivity index (χ0v) is 16.8. The standard InChI is InChI=1S/C21H22F4N4O2/c1-26-21(28-9-12-17(24)13(22)8-14(23)18(12)25)27-5-2-6-29-19(30)15-10-3-4-11(7-10)16(15)20(29)31/h3-4,8,10-11,15-16H,2,5-7,9H2,1H3,(H2,26,27,28). The van der Waals surface area contributed by atoms with Gasteiger partial charge in [-0.05, 0) is 24.7 Å². The summed E-state index contributed by atoms with van der Waals surface area (Å²) in [5, 5.41) is 5.48. The first-order chi connectivity index (χ1) is 14.8. The first-order valence-corrected chi connectivity index (χ1v) is 10.1. The number of carbonyl (C=O) groups excluding carboxylic acids is 2. The lowest BCUT2D eigenvalue weighted by atomic mass is 9.85. The average molecular weight is 438 g/mol. The number of aliphatic imine (C=N–C) groups is 1.